The Bertz CT molecular complexity index is 1920. The molecule has 7 nitrogen and oxygen atoms in total. The molecule has 8 heteroatoms. The van der Waals surface area contributed by atoms with Crippen molar-refractivity contribution in [3.05, 3.63) is 100 Å². The number of hydrogen-bond acceptors (Lipinski definition) is 4. The van der Waals surface area contributed by atoms with E-state index in [4.69, 9.17) is 4.98 Å². The van der Waals surface area contributed by atoms with E-state index in [1.54, 1.807) is 4.52 Å². The monoisotopic (exact) mass is 584 g/mol. The molecule has 3 heterocycles. The molecule has 5 aromatic rings. The van der Waals surface area contributed by atoms with Crippen LogP contribution in [0.15, 0.2) is 94.0 Å². The fourth-order valence-electron chi connectivity index (χ4n) is 5.41. The predicted octanol–water partition coefficient (Wildman–Crippen LogP) is 8.05. The number of piperidine rings is 1. The van der Waals surface area contributed by atoms with Crippen LogP contribution in [0.1, 0.15) is 30.5 Å². The van der Waals surface area contributed by atoms with E-state index in [1.807, 2.05) is 90.8 Å². The summed E-state index contributed by atoms with van der Waals surface area (Å²) in [7, 11) is -1.67. The van der Waals surface area contributed by atoms with Gasteiger partial charge in [0.2, 0.25) is 0 Å². The molecule has 0 saturated carbocycles. The van der Waals surface area contributed by atoms with Gasteiger partial charge in [-0.15, -0.1) is 10.7 Å². The highest BCUT2D eigenvalue weighted by molar-refractivity contribution is 6.83. The Kier molecular flexibility index (Phi) is 7.83. The number of nitrogens with zero attached hydrogens (tertiary/aromatic N) is 5. The van der Waals surface area contributed by atoms with Gasteiger partial charge in [0.05, 0.1) is 28.1 Å². The van der Waals surface area contributed by atoms with Gasteiger partial charge in [-0.3, -0.25) is 14.9 Å². The minimum absolute atomic E-state index is 0.159. The molecule has 1 saturated heterocycles. The summed E-state index contributed by atoms with van der Waals surface area (Å²) in [5.41, 5.74) is 11.1. The van der Waals surface area contributed by atoms with Crippen molar-refractivity contribution in [2.45, 2.75) is 45.8 Å². The van der Waals surface area contributed by atoms with Crippen LogP contribution >= 0.6 is 0 Å². The Morgan fingerprint density at radius 3 is 2.19 bits per heavy atom. The average Bonchev–Trinajstić information content (AvgIpc) is 3.40. The third kappa shape index (κ3) is 6.08. The summed E-state index contributed by atoms with van der Waals surface area (Å²) in [4.78, 5) is 19.3. The minimum atomic E-state index is -1.67. The zero-order chi connectivity index (χ0) is 30.0. The number of benzene rings is 3. The molecule has 0 spiro atoms. The van der Waals surface area contributed by atoms with E-state index in [2.05, 4.69) is 46.5 Å². The second-order valence-corrected chi connectivity index (χ2v) is 16.8. The van der Waals surface area contributed by atoms with Crippen molar-refractivity contribution in [3.63, 3.8) is 0 Å². The first-order chi connectivity index (χ1) is 20.8. The number of rotatable bonds is 5. The summed E-state index contributed by atoms with van der Waals surface area (Å²) in [6.45, 7) is 10.4. The lowest BCUT2D eigenvalue weighted by Crippen LogP contribution is -2.23. The van der Waals surface area contributed by atoms with E-state index >= 15 is 0 Å². The van der Waals surface area contributed by atoms with E-state index in [0.29, 0.717) is 22.6 Å². The molecule has 0 aliphatic carbocycles. The third-order valence-electron chi connectivity index (χ3n) is 7.56. The molecule has 43 heavy (non-hydrogen) atoms. The Morgan fingerprint density at radius 2 is 1.51 bits per heavy atom. The van der Waals surface area contributed by atoms with Crippen LogP contribution in [0.4, 0.5) is 5.69 Å². The molecule has 0 atom stereocenters. The molecule has 2 aromatic heterocycles. The number of aromatic amines is 1. The SMILES string of the molecule is Cc1nc2c(-c3ccccc3)c(-c3ccccc3)[nH]n2c(=O)c1-c1ccc(N=NN2CCCCC2)c(C#C[Si](C)(C)C)c1. The van der Waals surface area contributed by atoms with Crippen LogP contribution in [0.3, 0.4) is 0 Å². The number of aromatic nitrogens is 3. The zero-order valence-corrected chi connectivity index (χ0v) is 26.2. The number of fused-ring (bicyclic) bond motifs is 1. The summed E-state index contributed by atoms with van der Waals surface area (Å²) in [6, 6.07) is 26.0. The van der Waals surface area contributed by atoms with E-state index in [1.165, 1.54) is 6.42 Å². The Balaban J connectivity index is 1.51. The Hall–Kier alpha value is -4.74. The molecule has 0 bridgehead atoms. The fourth-order valence-corrected chi connectivity index (χ4v) is 5.92. The molecule has 1 aliphatic heterocycles. The van der Waals surface area contributed by atoms with Gasteiger partial charge in [0, 0.05) is 18.7 Å². The van der Waals surface area contributed by atoms with Crippen molar-refractivity contribution in [2.24, 2.45) is 10.3 Å². The van der Waals surface area contributed by atoms with Crippen molar-refractivity contribution in [1.82, 2.24) is 19.6 Å². The zero-order valence-electron chi connectivity index (χ0n) is 25.2. The van der Waals surface area contributed by atoms with Crippen LogP contribution < -0.4 is 5.56 Å². The maximum atomic E-state index is 14.2. The first-order valence-corrected chi connectivity index (χ1v) is 18.4. The standard InChI is InChI=1S/C35H36N6OSi/c1-25-31(29-18-19-30(28(24-29)20-23-43(2,3)4)37-39-40-21-12-7-13-22-40)35(42)41-34(36-25)32(26-14-8-5-9-15-26)33(38-41)27-16-10-6-11-17-27/h5-6,8-11,14-19,24,38H,7,12-13,21-22H2,1-4H3. The minimum Gasteiger partial charge on any atom is -0.288 e. The molecule has 0 amide bonds. The fraction of sp³-hybridized carbons (Fsp3) is 0.257. The molecule has 1 fully saturated rings. The maximum absolute atomic E-state index is 14.2. The van der Waals surface area contributed by atoms with E-state index in [-0.39, 0.29) is 5.56 Å². The van der Waals surface area contributed by atoms with Crippen molar-refractivity contribution in [3.8, 4) is 45.0 Å². The molecular weight excluding hydrogens is 549 g/mol. The van der Waals surface area contributed by atoms with Gasteiger partial charge in [-0.25, -0.2) is 4.98 Å². The highest BCUT2D eigenvalue weighted by atomic mass is 28.3. The molecule has 0 radical (unpaired) electrons. The van der Waals surface area contributed by atoms with Gasteiger partial charge in [0.25, 0.3) is 5.56 Å². The summed E-state index contributed by atoms with van der Waals surface area (Å²) < 4.78 is 1.57. The molecule has 3 aromatic carbocycles. The van der Waals surface area contributed by atoms with Crippen molar-refractivity contribution >= 4 is 19.4 Å². The molecule has 1 N–H and O–H groups in total. The van der Waals surface area contributed by atoms with Gasteiger partial charge in [-0.05, 0) is 49.4 Å². The quantitative estimate of drug-likeness (QED) is 0.129. The number of H-pyrrole nitrogens is 1. The van der Waals surface area contributed by atoms with Crippen molar-refractivity contribution in [1.29, 1.82) is 0 Å². The smallest absolute Gasteiger partial charge is 0.280 e. The lowest BCUT2D eigenvalue weighted by Gasteiger charge is -2.21. The van der Waals surface area contributed by atoms with Crippen molar-refractivity contribution < 1.29 is 0 Å². The van der Waals surface area contributed by atoms with E-state index in [9.17, 15) is 4.79 Å². The Morgan fingerprint density at radius 1 is 0.837 bits per heavy atom. The second-order valence-electron chi connectivity index (χ2n) is 12.1. The highest BCUT2D eigenvalue weighted by Crippen LogP contribution is 2.35. The van der Waals surface area contributed by atoms with Crippen LogP contribution in [0.5, 0.6) is 0 Å². The molecule has 216 valence electrons. The van der Waals surface area contributed by atoms with Crippen LogP contribution in [-0.2, 0) is 0 Å². The molecular formula is C35H36N6OSi. The van der Waals surface area contributed by atoms with Gasteiger partial charge < -0.3 is 0 Å². The predicted molar refractivity (Wildman–Crippen MR) is 177 cm³/mol. The van der Waals surface area contributed by atoms with Gasteiger partial charge in [0.1, 0.15) is 13.8 Å². The summed E-state index contributed by atoms with van der Waals surface area (Å²) in [5.74, 6) is 3.39. The first-order valence-electron chi connectivity index (χ1n) is 14.9. The van der Waals surface area contributed by atoms with Crippen LogP contribution in [0.25, 0.3) is 39.2 Å². The van der Waals surface area contributed by atoms with Crippen LogP contribution in [-0.4, -0.2) is 40.8 Å². The maximum Gasteiger partial charge on any atom is 0.280 e. The van der Waals surface area contributed by atoms with E-state index < -0.39 is 8.07 Å². The number of aryl methyl sites for hydroxylation is 1. The van der Waals surface area contributed by atoms with E-state index in [0.717, 1.165) is 59.4 Å². The van der Waals surface area contributed by atoms with Crippen LogP contribution in [0.2, 0.25) is 19.6 Å². The molecule has 0 unspecified atom stereocenters. The van der Waals surface area contributed by atoms with Gasteiger partial charge in [-0.1, -0.05) is 97.5 Å². The third-order valence-corrected chi connectivity index (χ3v) is 8.43. The lowest BCUT2D eigenvalue weighted by molar-refractivity contribution is 0.224. The lowest BCUT2D eigenvalue weighted by atomic mass is 10.0. The van der Waals surface area contributed by atoms with Gasteiger partial charge in [0.15, 0.2) is 5.65 Å². The molecule has 1 aliphatic rings. The largest absolute Gasteiger partial charge is 0.288 e. The first kappa shape index (κ1) is 28.4. The summed E-state index contributed by atoms with van der Waals surface area (Å²) in [6.07, 6.45) is 3.51. The van der Waals surface area contributed by atoms with Crippen molar-refractivity contribution in [2.75, 3.05) is 13.1 Å². The Labute approximate surface area is 253 Å². The summed E-state index contributed by atoms with van der Waals surface area (Å²) in [5, 5.41) is 14.5. The van der Waals surface area contributed by atoms with Crippen LogP contribution in [0, 0.1) is 18.4 Å². The summed E-state index contributed by atoms with van der Waals surface area (Å²) >= 11 is 0. The second kappa shape index (κ2) is 11.9. The van der Waals surface area contributed by atoms with Gasteiger partial charge >= 0.3 is 0 Å². The molecule has 6 rings (SSSR count). The average molecular weight is 585 g/mol. The number of nitrogens with one attached hydrogen (secondary N) is 1. The van der Waals surface area contributed by atoms with Gasteiger partial charge in [-0.2, -0.15) is 4.52 Å². The normalized spacial score (nSPS) is 13.8. The highest BCUT2D eigenvalue weighted by Gasteiger charge is 2.22. The number of hydrogen-bond donors (Lipinski definition) is 1. The topological polar surface area (TPSA) is 78.1 Å².